The molecular weight excluding hydrogens is 254 g/mol. The number of nitrogens with one attached hydrogen (secondary N) is 1. The summed E-state index contributed by atoms with van der Waals surface area (Å²) in [5.74, 6) is 1.64. The van der Waals surface area contributed by atoms with E-state index in [0.29, 0.717) is 0 Å². The molecule has 0 saturated heterocycles. The predicted octanol–water partition coefficient (Wildman–Crippen LogP) is 3.06. The maximum atomic E-state index is 10.4. The summed E-state index contributed by atoms with van der Waals surface area (Å²) < 4.78 is 10.5. The maximum absolute atomic E-state index is 10.4. The van der Waals surface area contributed by atoms with Crippen molar-refractivity contribution in [2.45, 2.75) is 32.0 Å². The Morgan fingerprint density at radius 3 is 2.40 bits per heavy atom. The number of aliphatic hydroxyl groups excluding tert-OH is 1. The molecule has 0 bridgehead atoms. The van der Waals surface area contributed by atoms with Crippen LogP contribution in [0.3, 0.4) is 0 Å². The first-order valence-corrected chi connectivity index (χ1v) is 6.73. The van der Waals surface area contributed by atoms with Gasteiger partial charge in [-0.3, -0.25) is 0 Å². The summed E-state index contributed by atoms with van der Waals surface area (Å²) in [4.78, 5) is 0. The molecule has 0 spiro atoms. The number of ether oxygens (including phenoxy) is 1. The van der Waals surface area contributed by atoms with Crippen LogP contribution in [0.2, 0.25) is 0 Å². The fourth-order valence-electron chi connectivity index (χ4n) is 2.20. The molecule has 2 aromatic rings. The van der Waals surface area contributed by atoms with Gasteiger partial charge in [0.25, 0.3) is 0 Å². The predicted molar refractivity (Wildman–Crippen MR) is 77.7 cm³/mol. The highest BCUT2D eigenvalue weighted by Crippen LogP contribution is 2.22. The van der Waals surface area contributed by atoms with Gasteiger partial charge in [-0.2, -0.15) is 0 Å². The van der Waals surface area contributed by atoms with Gasteiger partial charge in [-0.05, 0) is 43.7 Å². The number of aliphatic hydroxyl groups is 1. The maximum Gasteiger partial charge on any atom is 0.120 e. The zero-order valence-corrected chi connectivity index (χ0v) is 12.0. The Hall–Kier alpha value is -1.78. The van der Waals surface area contributed by atoms with Crippen molar-refractivity contribution in [1.82, 2.24) is 5.32 Å². The second-order valence-electron chi connectivity index (χ2n) is 4.91. The van der Waals surface area contributed by atoms with Crippen molar-refractivity contribution in [3.05, 3.63) is 54.0 Å². The summed E-state index contributed by atoms with van der Waals surface area (Å²) in [7, 11) is 1.63. The molecule has 4 nitrogen and oxygen atoms in total. The van der Waals surface area contributed by atoms with E-state index in [9.17, 15) is 5.11 Å². The van der Waals surface area contributed by atoms with Gasteiger partial charge in [0.05, 0.1) is 25.5 Å². The summed E-state index contributed by atoms with van der Waals surface area (Å²) in [6.45, 7) is 3.96. The fourth-order valence-corrected chi connectivity index (χ4v) is 2.20. The molecule has 3 atom stereocenters. The van der Waals surface area contributed by atoms with E-state index in [-0.39, 0.29) is 12.1 Å². The van der Waals surface area contributed by atoms with Gasteiger partial charge in [-0.15, -0.1) is 0 Å². The third kappa shape index (κ3) is 3.40. The molecule has 0 aliphatic rings. The third-order valence-corrected chi connectivity index (χ3v) is 3.41. The molecule has 0 aliphatic carbocycles. The van der Waals surface area contributed by atoms with Gasteiger partial charge in [-0.1, -0.05) is 12.1 Å². The molecule has 1 aromatic carbocycles. The molecule has 1 heterocycles. The minimum Gasteiger partial charge on any atom is -0.497 e. The molecule has 0 aliphatic heterocycles. The molecule has 4 heteroatoms. The smallest absolute Gasteiger partial charge is 0.120 e. The number of hydrogen-bond acceptors (Lipinski definition) is 4. The second-order valence-corrected chi connectivity index (χ2v) is 4.91. The van der Waals surface area contributed by atoms with Crippen LogP contribution in [0.15, 0.2) is 47.1 Å². The lowest BCUT2D eigenvalue weighted by molar-refractivity contribution is 0.128. The van der Waals surface area contributed by atoms with Crippen molar-refractivity contribution in [3.8, 4) is 5.75 Å². The average Bonchev–Trinajstić information content (AvgIpc) is 3.01. The van der Waals surface area contributed by atoms with E-state index in [2.05, 4.69) is 5.32 Å². The highest BCUT2D eigenvalue weighted by molar-refractivity contribution is 5.29. The molecule has 0 radical (unpaired) electrons. The molecule has 0 saturated carbocycles. The van der Waals surface area contributed by atoms with Gasteiger partial charge in [0.2, 0.25) is 0 Å². The minimum absolute atomic E-state index is 0.0490. The first-order valence-electron chi connectivity index (χ1n) is 6.73. The lowest BCUT2D eigenvalue weighted by Crippen LogP contribution is -2.34. The molecular formula is C16H21NO3. The van der Waals surface area contributed by atoms with Crippen molar-refractivity contribution in [2.75, 3.05) is 7.11 Å². The number of benzene rings is 1. The standard InChI is InChI=1S/C16H21NO3/c1-11(15-5-4-10-20-15)17-12(2)16(18)13-6-8-14(19-3)9-7-13/h4-12,16-18H,1-3H3. The van der Waals surface area contributed by atoms with E-state index in [1.54, 1.807) is 13.4 Å². The normalized spacial score (nSPS) is 15.6. The fraction of sp³-hybridized carbons (Fsp3) is 0.375. The topological polar surface area (TPSA) is 54.6 Å². The summed E-state index contributed by atoms with van der Waals surface area (Å²) in [6, 6.07) is 11.2. The van der Waals surface area contributed by atoms with Crippen LogP contribution in [0.4, 0.5) is 0 Å². The Bertz CT molecular complexity index is 507. The zero-order valence-electron chi connectivity index (χ0n) is 12.0. The van der Waals surface area contributed by atoms with Gasteiger partial charge in [0, 0.05) is 6.04 Å². The van der Waals surface area contributed by atoms with Gasteiger partial charge in [0.15, 0.2) is 0 Å². The summed E-state index contributed by atoms with van der Waals surface area (Å²) >= 11 is 0. The quantitative estimate of drug-likeness (QED) is 0.850. The van der Waals surface area contributed by atoms with E-state index < -0.39 is 6.10 Å². The first kappa shape index (κ1) is 14.6. The van der Waals surface area contributed by atoms with E-state index >= 15 is 0 Å². The van der Waals surface area contributed by atoms with Gasteiger partial charge >= 0.3 is 0 Å². The van der Waals surface area contributed by atoms with Gasteiger partial charge < -0.3 is 19.6 Å². The van der Waals surface area contributed by atoms with Crippen molar-refractivity contribution in [3.63, 3.8) is 0 Å². The van der Waals surface area contributed by atoms with Crippen LogP contribution in [0, 0.1) is 0 Å². The van der Waals surface area contributed by atoms with Crippen LogP contribution >= 0.6 is 0 Å². The molecule has 3 unspecified atom stereocenters. The second kappa shape index (κ2) is 6.59. The Kier molecular flexibility index (Phi) is 4.82. The lowest BCUT2D eigenvalue weighted by Gasteiger charge is -2.24. The summed E-state index contributed by atoms with van der Waals surface area (Å²) in [5, 5.41) is 13.7. The lowest BCUT2D eigenvalue weighted by atomic mass is 10.0. The SMILES string of the molecule is COc1ccc(C(O)C(C)NC(C)c2ccco2)cc1. The van der Waals surface area contributed by atoms with E-state index in [1.807, 2.05) is 50.2 Å². The number of rotatable bonds is 6. The van der Waals surface area contributed by atoms with Crippen molar-refractivity contribution in [2.24, 2.45) is 0 Å². The zero-order chi connectivity index (χ0) is 14.5. The Labute approximate surface area is 119 Å². The highest BCUT2D eigenvalue weighted by atomic mass is 16.5. The van der Waals surface area contributed by atoms with E-state index in [0.717, 1.165) is 17.1 Å². The van der Waals surface area contributed by atoms with Crippen molar-refractivity contribution >= 4 is 0 Å². The molecule has 0 amide bonds. The van der Waals surface area contributed by atoms with Gasteiger partial charge in [0.1, 0.15) is 11.5 Å². The number of furan rings is 1. The van der Waals surface area contributed by atoms with Crippen molar-refractivity contribution in [1.29, 1.82) is 0 Å². The molecule has 0 fully saturated rings. The molecule has 2 rings (SSSR count). The number of hydrogen-bond donors (Lipinski definition) is 2. The van der Waals surface area contributed by atoms with Crippen LogP contribution in [-0.4, -0.2) is 18.3 Å². The number of methoxy groups -OCH3 is 1. The van der Waals surface area contributed by atoms with Gasteiger partial charge in [-0.25, -0.2) is 0 Å². The van der Waals surface area contributed by atoms with Crippen molar-refractivity contribution < 1.29 is 14.3 Å². The van der Waals surface area contributed by atoms with Crippen LogP contribution < -0.4 is 10.1 Å². The largest absolute Gasteiger partial charge is 0.497 e. The van der Waals surface area contributed by atoms with Crippen LogP contribution in [-0.2, 0) is 0 Å². The molecule has 2 N–H and O–H groups in total. The average molecular weight is 275 g/mol. The third-order valence-electron chi connectivity index (χ3n) is 3.41. The Balaban J connectivity index is 1.98. The van der Waals surface area contributed by atoms with E-state index in [4.69, 9.17) is 9.15 Å². The molecule has 1 aromatic heterocycles. The van der Waals surface area contributed by atoms with E-state index in [1.165, 1.54) is 0 Å². The Morgan fingerprint density at radius 1 is 1.15 bits per heavy atom. The molecule has 108 valence electrons. The van der Waals surface area contributed by atoms with Crippen LogP contribution in [0.5, 0.6) is 5.75 Å². The first-order chi connectivity index (χ1) is 9.61. The summed E-state index contributed by atoms with van der Waals surface area (Å²) in [6.07, 6.45) is 1.07. The monoisotopic (exact) mass is 275 g/mol. The Morgan fingerprint density at radius 2 is 1.85 bits per heavy atom. The minimum atomic E-state index is -0.585. The molecule has 20 heavy (non-hydrogen) atoms. The van der Waals surface area contributed by atoms with Crippen LogP contribution in [0.1, 0.15) is 37.3 Å². The summed E-state index contributed by atoms with van der Waals surface area (Å²) in [5.41, 5.74) is 0.859. The van der Waals surface area contributed by atoms with Crippen LogP contribution in [0.25, 0.3) is 0 Å². The highest BCUT2D eigenvalue weighted by Gasteiger charge is 2.19.